The van der Waals surface area contributed by atoms with Gasteiger partial charge in [0.25, 0.3) is 0 Å². The number of carbonyl (C=O) groups excluding carboxylic acids is 1. The third-order valence-electron chi connectivity index (χ3n) is 3.59. The van der Waals surface area contributed by atoms with Crippen molar-refractivity contribution in [2.24, 2.45) is 0 Å². The number of carbonyl (C=O) groups is 1. The molecule has 0 unspecified atom stereocenters. The number of amides is 1. The predicted molar refractivity (Wildman–Crippen MR) is 106 cm³/mol. The monoisotopic (exact) mass is 369 g/mol. The first-order chi connectivity index (χ1) is 11.9. The summed E-state index contributed by atoms with van der Waals surface area (Å²) in [6.07, 6.45) is 3.31. The Hall–Kier alpha value is -2.31. The fourth-order valence-corrected chi connectivity index (χ4v) is 3.73. The lowest BCUT2D eigenvalue weighted by atomic mass is 9.87. The lowest BCUT2D eigenvalue weighted by Gasteiger charge is -2.18. The van der Waals surface area contributed by atoms with Gasteiger partial charge in [-0.25, -0.2) is 0 Å². The van der Waals surface area contributed by atoms with Crippen LogP contribution in [0.5, 0.6) is 0 Å². The van der Waals surface area contributed by atoms with Gasteiger partial charge in [-0.2, -0.15) is 0 Å². The highest BCUT2D eigenvalue weighted by Crippen LogP contribution is 2.29. The molecule has 3 rings (SSSR count). The summed E-state index contributed by atoms with van der Waals surface area (Å²) in [7, 11) is 0. The van der Waals surface area contributed by atoms with Crippen molar-refractivity contribution in [2.75, 3.05) is 5.32 Å². The number of hydrogen-bond acceptors (Lipinski definition) is 5. The minimum atomic E-state index is -0.214. The molecular weight excluding hydrogens is 350 g/mol. The molecule has 25 heavy (non-hydrogen) atoms. The van der Waals surface area contributed by atoms with Crippen LogP contribution in [0, 0.1) is 0 Å². The average molecular weight is 370 g/mol. The van der Waals surface area contributed by atoms with E-state index in [1.165, 1.54) is 23.0 Å². The second kappa shape index (κ2) is 7.29. The van der Waals surface area contributed by atoms with Gasteiger partial charge < -0.3 is 0 Å². The van der Waals surface area contributed by atoms with Gasteiger partial charge in [0.15, 0.2) is 5.01 Å². The van der Waals surface area contributed by atoms with E-state index in [4.69, 9.17) is 0 Å². The third-order valence-corrected chi connectivity index (χ3v) is 5.47. The molecule has 0 fully saturated rings. The Kier molecular flexibility index (Phi) is 5.11. The summed E-state index contributed by atoms with van der Waals surface area (Å²) >= 11 is 2.97. The second-order valence-corrected chi connectivity index (χ2v) is 8.51. The summed E-state index contributed by atoms with van der Waals surface area (Å²) in [5.41, 5.74) is 2.38. The van der Waals surface area contributed by atoms with Gasteiger partial charge in [0.1, 0.15) is 0 Å². The van der Waals surface area contributed by atoms with Crippen LogP contribution in [0.3, 0.4) is 0 Å². The zero-order valence-corrected chi connectivity index (χ0v) is 15.9. The zero-order valence-electron chi connectivity index (χ0n) is 14.3. The molecule has 2 heterocycles. The van der Waals surface area contributed by atoms with Crippen molar-refractivity contribution in [3.05, 3.63) is 59.0 Å². The van der Waals surface area contributed by atoms with E-state index in [9.17, 15) is 4.79 Å². The van der Waals surface area contributed by atoms with Gasteiger partial charge in [-0.1, -0.05) is 62.4 Å². The van der Waals surface area contributed by atoms with E-state index in [2.05, 4.69) is 48.4 Å². The van der Waals surface area contributed by atoms with Crippen LogP contribution in [0.15, 0.2) is 47.9 Å². The Balaban J connectivity index is 1.61. The first-order valence-electron chi connectivity index (χ1n) is 7.89. The van der Waals surface area contributed by atoms with Crippen molar-refractivity contribution in [1.29, 1.82) is 0 Å². The van der Waals surface area contributed by atoms with Crippen molar-refractivity contribution in [3.63, 3.8) is 0 Å². The fourth-order valence-electron chi connectivity index (χ4n) is 2.19. The molecular formula is C19H19N3OS2. The lowest BCUT2D eigenvalue weighted by molar-refractivity contribution is -0.111. The Morgan fingerprint density at radius 2 is 1.88 bits per heavy atom. The molecule has 2 aromatic heterocycles. The molecule has 0 spiro atoms. The number of nitrogens with zero attached hydrogens (tertiary/aromatic N) is 2. The number of rotatable bonds is 4. The molecule has 128 valence electrons. The minimum Gasteiger partial charge on any atom is -0.297 e. The molecule has 1 aromatic carbocycles. The van der Waals surface area contributed by atoms with E-state index < -0.39 is 0 Å². The molecule has 3 aromatic rings. The summed E-state index contributed by atoms with van der Waals surface area (Å²) in [4.78, 5) is 13.1. The smallest absolute Gasteiger partial charge is 0.250 e. The van der Waals surface area contributed by atoms with E-state index in [1.807, 2.05) is 29.6 Å². The maximum absolute atomic E-state index is 12.1. The number of anilines is 1. The molecule has 1 N–H and O–H groups in total. The molecule has 0 radical (unpaired) electrons. The van der Waals surface area contributed by atoms with Crippen LogP contribution in [-0.4, -0.2) is 16.1 Å². The predicted octanol–water partition coefficient (Wildman–Crippen LogP) is 5.22. The minimum absolute atomic E-state index is 0.123. The highest BCUT2D eigenvalue weighted by Gasteiger charge is 2.12. The van der Waals surface area contributed by atoms with Crippen molar-refractivity contribution in [3.8, 4) is 9.88 Å². The van der Waals surface area contributed by atoms with E-state index in [0.29, 0.717) is 5.13 Å². The van der Waals surface area contributed by atoms with Gasteiger partial charge in [-0.05, 0) is 34.1 Å². The summed E-state index contributed by atoms with van der Waals surface area (Å²) < 4.78 is 0. The van der Waals surface area contributed by atoms with Crippen LogP contribution in [-0.2, 0) is 10.2 Å². The first kappa shape index (κ1) is 17.5. The van der Waals surface area contributed by atoms with Crippen LogP contribution < -0.4 is 5.32 Å². The molecule has 0 aliphatic heterocycles. The van der Waals surface area contributed by atoms with Gasteiger partial charge >= 0.3 is 0 Å². The van der Waals surface area contributed by atoms with Crippen molar-refractivity contribution in [2.45, 2.75) is 26.2 Å². The number of nitrogens with one attached hydrogen (secondary N) is 1. The van der Waals surface area contributed by atoms with E-state index in [-0.39, 0.29) is 11.3 Å². The normalized spacial score (nSPS) is 11.8. The van der Waals surface area contributed by atoms with Crippen LogP contribution in [0.25, 0.3) is 16.0 Å². The molecule has 1 amide bonds. The number of thiophene rings is 1. The van der Waals surface area contributed by atoms with Crippen molar-refractivity contribution >= 4 is 39.8 Å². The molecule has 0 saturated heterocycles. The molecule has 0 atom stereocenters. The van der Waals surface area contributed by atoms with Gasteiger partial charge in [0.05, 0.1) is 4.88 Å². The fraction of sp³-hybridized carbons (Fsp3) is 0.211. The first-order valence-corrected chi connectivity index (χ1v) is 9.58. The van der Waals surface area contributed by atoms with Crippen LogP contribution >= 0.6 is 22.7 Å². The summed E-state index contributed by atoms with van der Waals surface area (Å²) in [6, 6.07) is 12.2. The highest BCUT2D eigenvalue weighted by atomic mass is 32.1. The lowest BCUT2D eigenvalue weighted by Crippen LogP contribution is -2.10. The molecule has 6 heteroatoms. The molecule has 0 saturated carbocycles. The maximum atomic E-state index is 12.1. The second-order valence-electron chi connectivity index (χ2n) is 6.58. The van der Waals surface area contributed by atoms with Crippen LogP contribution in [0.4, 0.5) is 5.13 Å². The topological polar surface area (TPSA) is 54.9 Å². The average Bonchev–Trinajstić information content (AvgIpc) is 3.23. The standard InChI is InChI=1S/C19H19N3OS2/c1-19(2,3)14-9-6-13(7-10-14)8-11-16(23)20-18-22-21-17(25-18)15-5-4-12-24-15/h4-12H,1-3H3,(H,20,22,23)/b11-8+. The van der Waals surface area contributed by atoms with Crippen LogP contribution in [0.1, 0.15) is 31.9 Å². The van der Waals surface area contributed by atoms with Gasteiger partial charge in [-0.3, -0.25) is 10.1 Å². The highest BCUT2D eigenvalue weighted by molar-refractivity contribution is 7.23. The van der Waals surface area contributed by atoms with Gasteiger partial charge in [0, 0.05) is 6.08 Å². The number of aromatic nitrogens is 2. The Morgan fingerprint density at radius 3 is 2.52 bits per heavy atom. The zero-order chi connectivity index (χ0) is 17.9. The summed E-state index contributed by atoms with van der Waals surface area (Å²) in [5, 5.41) is 14.2. The molecule has 0 aliphatic carbocycles. The van der Waals surface area contributed by atoms with E-state index in [1.54, 1.807) is 17.4 Å². The largest absolute Gasteiger partial charge is 0.297 e. The molecule has 0 bridgehead atoms. The molecule has 4 nitrogen and oxygen atoms in total. The van der Waals surface area contributed by atoms with Gasteiger partial charge in [0.2, 0.25) is 11.0 Å². The van der Waals surface area contributed by atoms with Crippen LogP contribution in [0.2, 0.25) is 0 Å². The summed E-state index contributed by atoms with van der Waals surface area (Å²) in [5.74, 6) is -0.214. The SMILES string of the molecule is CC(C)(C)c1ccc(/C=C/C(=O)Nc2nnc(-c3cccs3)s2)cc1. The molecule has 0 aliphatic rings. The number of hydrogen-bond donors (Lipinski definition) is 1. The summed E-state index contributed by atoms with van der Waals surface area (Å²) in [6.45, 7) is 6.54. The Bertz CT molecular complexity index is 872. The maximum Gasteiger partial charge on any atom is 0.250 e. The van der Waals surface area contributed by atoms with Crippen molar-refractivity contribution in [1.82, 2.24) is 10.2 Å². The van der Waals surface area contributed by atoms with E-state index >= 15 is 0 Å². The Morgan fingerprint density at radius 1 is 1.12 bits per heavy atom. The Labute approximate surface area is 155 Å². The third kappa shape index (κ3) is 4.61. The quantitative estimate of drug-likeness (QED) is 0.642. The van der Waals surface area contributed by atoms with Crippen molar-refractivity contribution < 1.29 is 4.79 Å². The van der Waals surface area contributed by atoms with Gasteiger partial charge in [-0.15, -0.1) is 21.5 Å². The number of benzene rings is 1. The van der Waals surface area contributed by atoms with E-state index in [0.717, 1.165) is 15.4 Å².